The monoisotopic (exact) mass is 493 g/mol. The van der Waals surface area contributed by atoms with E-state index in [9.17, 15) is 18.8 Å². The summed E-state index contributed by atoms with van der Waals surface area (Å²) in [6.07, 6.45) is 1.56. The molecular formula is C26H20FNO6S. The van der Waals surface area contributed by atoms with Gasteiger partial charge in [0.2, 0.25) is 0 Å². The van der Waals surface area contributed by atoms with E-state index in [1.165, 1.54) is 31.4 Å². The van der Waals surface area contributed by atoms with Crippen molar-refractivity contribution in [1.29, 1.82) is 0 Å². The van der Waals surface area contributed by atoms with E-state index >= 15 is 0 Å². The van der Waals surface area contributed by atoms with Crippen molar-refractivity contribution in [3.63, 3.8) is 0 Å². The number of carbonyl (C=O) groups is 3. The third kappa shape index (κ3) is 5.88. The Hall–Kier alpha value is -4.11. The molecule has 1 aliphatic heterocycles. The first-order chi connectivity index (χ1) is 16.9. The third-order valence-corrected chi connectivity index (χ3v) is 5.86. The first-order valence-electron chi connectivity index (χ1n) is 10.5. The number of rotatable bonds is 8. The molecule has 3 aromatic rings. The number of benzene rings is 3. The summed E-state index contributed by atoms with van der Waals surface area (Å²) in [4.78, 5) is 38.8. The Balaban J connectivity index is 1.43. The Kier molecular flexibility index (Phi) is 7.47. The van der Waals surface area contributed by atoms with E-state index in [0.29, 0.717) is 11.3 Å². The van der Waals surface area contributed by atoms with Crippen LogP contribution in [0, 0.1) is 5.82 Å². The molecule has 2 amide bonds. The Morgan fingerprint density at radius 3 is 2.54 bits per heavy atom. The molecule has 1 aliphatic rings. The Bertz CT molecular complexity index is 1290. The summed E-state index contributed by atoms with van der Waals surface area (Å²) in [5.74, 6) is -0.696. The van der Waals surface area contributed by atoms with Gasteiger partial charge in [-0.25, -0.2) is 9.18 Å². The predicted molar refractivity (Wildman–Crippen MR) is 129 cm³/mol. The first kappa shape index (κ1) is 24.0. The number of ether oxygens (including phenoxy) is 3. The lowest BCUT2D eigenvalue weighted by atomic mass is 10.1. The highest BCUT2D eigenvalue weighted by Gasteiger charge is 2.34. The van der Waals surface area contributed by atoms with Crippen LogP contribution in [0.3, 0.4) is 0 Å². The van der Waals surface area contributed by atoms with E-state index in [1.54, 1.807) is 30.3 Å². The van der Waals surface area contributed by atoms with Crippen LogP contribution in [0.4, 0.5) is 9.18 Å². The molecule has 0 spiro atoms. The van der Waals surface area contributed by atoms with E-state index in [-0.39, 0.29) is 40.4 Å². The van der Waals surface area contributed by atoms with E-state index in [1.807, 2.05) is 18.2 Å². The van der Waals surface area contributed by atoms with Crippen LogP contribution < -0.4 is 14.2 Å². The summed E-state index contributed by atoms with van der Waals surface area (Å²) < 4.78 is 29.6. The van der Waals surface area contributed by atoms with Gasteiger partial charge >= 0.3 is 5.97 Å². The summed E-state index contributed by atoms with van der Waals surface area (Å²) in [7, 11) is 1.40. The lowest BCUT2D eigenvalue weighted by molar-refractivity contribution is -0.123. The smallest absolute Gasteiger partial charge is 0.343 e. The van der Waals surface area contributed by atoms with Gasteiger partial charge in [-0.2, -0.15) is 0 Å². The molecule has 0 aromatic heterocycles. The fraction of sp³-hybridized carbons (Fsp3) is 0.115. The van der Waals surface area contributed by atoms with Crippen LogP contribution in [0.5, 0.6) is 17.2 Å². The van der Waals surface area contributed by atoms with Crippen LogP contribution in [0.25, 0.3) is 6.08 Å². The van der Waals surface area contributed by atoms with Crippen LogP contribution in [-0.4, -0.2) is 42.3 Å². The maximum absolute atomic E-state index is 13.4. The topological polar surface area (TPSA) is 82.1 Å². The van der Waals surface area contributed by atoms with Gasteiger partial charge in [-0.3, -0.25) is 14.5 Å². The maximum atomic E-state index is 13.4. The van der Waals surface area contributed by atoms with Crippen LogP contribution in [0.15, 0.2) is 77.7 Å². The van der Waals surface area contributed by atoms with Crippen molar-refractivity contribution < 1.29 is 33.0 Å². The Labute approximate surface area is 205 Å². The highest BCUT2D eigenvalue weighted by atomic mass is 32.2. The Morgan fingerprint density at radius 2 is 1.80 bits per heavy atom. The zero-order valence-electron chi connectivity index (χ0n) is 18.6. The minimum atomic E-state index is -0.741. The van der Waals surface area contributed by atoms with Gasteiger partial charge in [0.15, 0.2) is 11.5 Å². The van der Waals surface area contributed by atoms with E-state index in [0.717, 1.165) is 22.7 Å². The molecule has 0 atom stereocenters. The SMILES string of the molecule is COc1cc(/C=C2\SC(=O)N(CCOc3ccccc3)C2=O)ccc1OC(=O)c1cccc(F)c1. The highest BCUT2D eigenvalue weighted by Crippen LogP contribution is 2.34. The molecule has 1 fully saturated rings. The van der Waals surface area contributed by atoms with Crippen LogP contribution in [0.1, 0.15) is 15.9 Å². The number of para-hydroxylation sites is 1. The number of thioether (sulfide) groups is 1. The van der Waals surface area contributed by atoms with Crippen LogP contribution in [-0.2, 0) is 4.79 Å². The third-order valence-electron chi connectivity index (χ3n) is 4.95. The molecule has 0 bridgehead atoms. The van der Waals surface area contributed by atoms with Gasteiger partial charge in [-0.1, -0.05) is 30.3 Å². The van der Waals surface area contributed by atoms with Crippen molar-refractivity contribution in [2.45, 2.75) is 0 Å². The minimum Gasteiger partial charge on any atom is -0.493 e. The average Bonchev–Trinajstić information content (AvgIpc) is 3.12. The number of nitrogens with zero attached hydrogens (tertiary/aromatic N) is 1. The van der Waals surface area contributed by atoms with E-state index in [2.05, 4.69) is 0 Å². The van der Waals surface area contributed by atoms with Gasteiger partial charge in [0.05, 0.1) is 24.1 Å². The molecule has 1 heterocycles. The van der Waals surface area contributed by atoms with Crippen molar-refractivity contribution in [3.05, 3.63) is 94.6 Å². The van der Waals surface area contributed by atoms with Crippen LogP contribution in [0.2, 0.25) is 0 Å². The van der Waals surface area contributed by atoms with Gasteiger partial charge in [0.25, 0.3) is 11.1 Å². The lowest BCUT2D eigenvalue weighted by Crippen LogP contribution is -2.32. The molecule has 0 N–H and O–H groups in total. The summed E-state index contributed by atoms with van der Waals surface area (Å²) in [5, 5.41) is -0.384. The molecule has 35 heavy (non-hydrogen) atoms. The fourth-order valence-electron chi connectivity index (χ4n) is 3.25. The first-order valence-corrected chi connectivity index (χ1v) is 11.4. The van der Waals surface area contributed by atoms with Crippen molar-refractivity contribution >= 4 is 35.0 Å². The second-order valence-electron chi connectivity index (χ2n) is 7.31. The molecule has 4 rings (SSSR count). The quantitative estimate of drug-likeness (QED) is 0.243. The van der Waals surface area contributed by atoms with Gasteiger partial charge in [0, 0.05) is 0 Å². The largest absolute Gasteiger partial charge is 0.493 e. The lowest BCUT2D eigenvalue weighted by Gasteiger charge is -2.13. The molecule has 0 unspecified atom stereocenters. The molecule has 0 radical (unpaired) electrons. The number of hydrogen-bond acceptors (Lipinski definition) is 7. The van der Waals surface area contributed by atoms with Gasteiger partial charge in [-0.05, 0) is 65.9 Å². The molecule has 178 valence electrons. The average molecular weight is 494 g/mol. The normalized spacial score (nSPS) is 14.3. The van der Waals surface area contributed by atoms with Gasteiger partial charge < -0.3 is 14.2 Å². The van der Waals surface area contributed by atoms with Crippen molar-refractivity contribution in [1.82, 2.24) is 4.90 Å². The fourth-order valence-corrected chi connectivity index (χ4v) is 4.11. The molecule has 3 aromatic carbocycles. The summed E-state index contributed by atoms with van der Waals surface area (Å²) >= 11 is 0.831. The minimum absolute atomic E-state index is 0.0565. The second-order valence-corrected chi connectivity index (χ2v) is 8.30. The summed E-state index contributed by atoms with van der Waals surface area (Å²) in [6.45, 7) is 0.295. The number of methoxy groups -OCH3 is 1. The molecule has 0 saturated carbocycles. The Morgan fingerprint density at radius 1 is 1.00 bits per heavy atom. The van der Waals surface area contributed by atoms with Crippen molar-refractivity contribution in [2.75, 3.05) is 20.3 Å². The number of hydrogen-bond donors (Lipinski definition) is 0. The van der Waals surface area contributed by atoms with Crippen molar-refractivity contribution in [2.24, 2.45) is 0 Å². The summed E-state index contributed by atoms with van der Waals surface area (Å²) in [6, 6.07) is 18.9. The maximum Gasteiger partial charge on any atom is 0.343 e. The number of imide groups is 1. The predicted octanol–water partition coefficient (Wildman–Crippen LogP) is 5.17. The second kappa shape index (κ2) is 10.9. The highest BCUT2D eigenvalue weighted by molar-refractivity contribution is 8.18. The molecule has 9 heteroatoms. The standard InChI is InChI=1S/C26H20FNO6S/c1-32-22-14-17(10-11-21(22)34-25(30)18-6-5-7-19(27)16-18)15-23-24(29)28(26(31)35-23)12-13-33-20-8-3-2-4-9-20/h2-11,14-16H,12-13H2,1H3/b23-15-. The number of amides is 2. The van der Waals surface area contributed by atoms with Gasteiger partial charge in [0.1, 0.15) is 18.2 Å². The molecule has 0 aliphatic carbocycles. The zero-order chi connectivity index (χ0) is 24.8. The number of carbonyl (C=O) groups excluding carboxylic acids is 3. The van der Waals surface area contributed by atoms with Crippen molar-refractivity contribution in [3.8, 4) is 17.2 Å². The van der Waals surface area contributed by atoms with Gasteiger partial charge in [-0.15, -0.1) is 0 Å². The molecule has 7 nitrogen and oxygen atoms in total. The molecule has 1 saturated heterocycles. The van der Waals surface area contributed by atoms with E-state index in [4.69, 9.17) is 14.2 Å². The zero-order valence-corrected chi connectivity index (χ0v) is 19.4. The number of esters is 1. The molecular weight excluding hydrogens is 473 g/mol. The summed E-state index contributed by atoms with van der Waals surface area (Å²) in [5.41, 5.74) is 0.625. The number of halogens is 1. The van der Waals surface area contributed by atoms with Crippen LogP contribution >= 0.6 is 11.8 Å². The van der Waals surface area contributed by atoms with E-state index < -0.39 is 17.7 Å².